The fourth-order valence-electron chi connectivity index (χ4n) is 2.26. The van der Waals surface area contributed by atoms with Crippen LogP contribution in [-0.4, -0.2) is 31.6 Å². The van der Waals surface area contributed by atoms with Gasteiger partial charge in [0, 0.05) is 11.3 Å². The summed E-state index contributed by atoms with van der Waals surface area (Å²) in [5, 5.41) is 9.13. The molecule has 0 amide bonds. The molecule has 18 heavy (non-hydrogen) atoms. The normalized spacial score (nSPS) is 16.9. The van der Waals surface area contributed by atoms with Crippen LogP contribution < -0.4 is 0 Å². The molecule has 0 radical (unpaired) electrons. The summed E-state index contributed by atoms with van der Waals surface area (Å²) in [6.07, 6.45) is 6.35. The first-order valence-corrected chi connectivity index (χ1v) is 7.10. The van der Waals surface area contributed by atoms with Crippen LogP contribution in [0.2, 0.25) is 0 Å². The SMILES string of the molecule is CSC1(Cn2cnc3c(C(=O)O)cccc32)CC1. The predicted octanol–water partition coefficient (Wildman–Crippen LogP) is 2.63. The highest BCUT2D eigenvalue weighted by Gasteiger charge is 2.42. The summed E-state index contributed by atoms with van der Waals surface area (Å²) in [5.41, 5.74) is 1.78. The maximum atomic E-state index is 11.1. The minimum Gasteiger partial charge on any atom is -0.478 e. The lowest BCUT2D eigenvalue weighted by Crippen LogP contribution is -2.12. The molecule has 0 aliphatic heterocycles. The van der Waals surface area contributed by atoms with Crippen molar-refractivity contribution in [1.82, 2.24) is 9.55 Å². The topological polar surface area (TPSA) is 55.1 Å². The number of para-hydroxylation sites is 1. The molecule has 1 aliphatic carbocycles. The lowest BCUT2D eigenvalue weighted by atomic mass is 10.2. The second kappa shape index (κ2) is 4.02. The van der Waals surface area contributed by atoms with Gasteiger partial charge in [0.15, 0.2) is 0 Å². The van der Waals surface area contributed by atoms with Crippen LogP contribution in [0.5, 0.6) is 0 Å². The Morgan fingerprint density at radius 2 is 2.33 bits per heavy atom. The van der Waals surface area contributed by atoms with E-state index in [-0.39, 0.29) is 5.56 Å². The fraction of sp³-hybridized carbons (Fsp3) is 0.385. The Morgan fingerprint density at radius 1 is 1.56 bits per heavy atom. The van der Waals surface area contributed by atoms with Crippen LogP contribution in [0.1, 0.15) is 23.2 Å². The molecule has 1 heterocycles. The molecule has 0 unspecified atom stereocenters. The summed E-state index contributed by atoms with van der Waals surface area (Å²) < 4.78 is 2.41. The molecule has 3 rings (SSSR count). The molecule has 5 heteroatoms. The van der Waals surface area contributed by atoms with Crippen LogP contribution in [-0.2, 0) is 6.54 Å². The molecule has 2 aromatic rings. The molecule has 0 atom stereocenters. The van der Waals surface area contributed by atoms with Crippen molar-refractivity contribution in [3.63, 3.8) is 0 Å². The highest BCUT2D eigenvalue weighted by atomic mass is 32.2. The number of nitrogens with zero attached hydrogens (tertiary/aromatic N) is 2. The maximum absolute atomic E-state index is 11.1. The number of fused-ring (bicyclic) bond motifs is 1. The average Bonchev–Trinajstić information content (AvgIpc) is 3.03. The lowest BCUT2D eigenvalue weighted by Gasteiger charge is -2.13. The van der Waals surface area contributed by atoms with Crippen LogP contribution in [0.4, 0.5) is 0 Å². The van der Waals surface area contributed by atoms with Crippen molar-refractivity contribution in [3.8, 4) is 0 Å². The molecular formula is C13H14N2O2S. The second-order valence-electron chi connectivity index (χ2n) is 4.74. The van der Waals surface area contributed by atoms with Crippen molar-refractivity contribution in [1.29, 1.82) is 0 Å². The summed E-state index contributed by atoms with van der Waals surface area (Å²) in [6, 6.07) is 5.32. The van der Waals surface area contributed by atoms with Gasteiger partial charge in [0.05, 0.1) is 17.4 Å². The van der Waals surface area contributed by atoms with Crippen molar-refractivity contribution >= 4 is 28.8 Å². The third-order valence-electron chi connectivity index (χ3n) is 3.58. The number of thioether (sulfide) groups is 1. The van der Waals surface area contributed by atoms with E-state index in [9.17, 15) is 4.79 Å². The van der Waals surface area contributed by atoms with Gasteiger partial charge in [0.1, 0.15) is 5.52 Å². The van der Waals surface area contributed by atoms with Gasteiger partial charge in [-0.3, -0.25) is 0 Å². The van der Waals surface area contributed by atoms with Gasteiger partial charge in [-0.15, -0.1) is 0 Å². The zero-order chi connectivity index (χ0) is 12.8. The minimum absolute atomic E-state index is 0.278. The first kappa shape index (κ1) is 11.6. The zero-order valence-electron chi connectivity index (χ0n) is 10.1. The van der Waals surface area contributed by atoms with E-state index >= 15 is 0 Å². The first-order valence-electron chi connectivity index (χ1n) is 5.87. The van der Waals surface area contributed by atoms with Crippen molar-refractivity contribution in [2.75, 3.05) is 6.26 Å². The number of aromatic nitrogens is 2. The number of benzene rings is 1. The Hall–Kier alpha value is -1.49. The summed E-state index contributed by atoms with van der Waals surface area (Å²) >= 11 is 1.89. The predicted molar refractivity (Wildman–Crippen MR) is 72.2 cm³/mol. The summed E-state index contributed by atoms with van der Waals surface area (Å²) in [5.74, 6) is -0.920. The Morgan fingerprint density at radius 3 is 2.94 bits per heavy atom. The zero-order valence-corrected chi connectivity index (χ0v) is 10.9. The standard InChI is InChI=1S/C13H14N2O2S/c1-18-13(5-6-13)7-15-8-14-11-9(12(16)17)3-2-4-10(11)15/h2-4,8H,5-7H2,1H3,(H,16,17). The van der Waals surface area contributed by atoms with Crippen molar-refractivity contribution < 1.29 is 9.90 Å². The molecule has 0 spiro atoms. The van der Waals surface area contributed by atoms with Crippen LogP contribution in [0.3, 0.4) is 0 Å². The Balaban J connectivity index is 2.04. The third kappa shape index (κ3) is 1.79. The Kier molecular flexibility index (Phi) is 2.59. The molecule has 4 nitrogen and oxygen atoms in total. The number of rotatable bonds is 4. The van der Waals surface area contributed by atoms with Crippen molar-refractivity contribution in [2.24, 2.45) is 0 Å². The van der Waals surface area contributed by atoms with Crippen LogP contribution >= 0.6 is 11.8 Å². The minimum atomic E-state index is -0.920. The number of carboxylic acids is 1. The summed E-state index contributed by atoms with van der Waals surface area (Å²) in [7, 11) is 0. The Bertz CT molecular complexity index is 616. The van der Waals surface area contributed by atoms with E-state index in [0.717, 1.165) is 12.1 Å². The monoisotopic (exact) mass is 262 g/mol. The number of aromatic carboxylic acids is 1. The van der Waals surface area contributed by atoms with Crippen molar-refractivity contribution in [2.45, 2.75) is 24.1 Å². The highest BCUT2D eigenvalue weighted by Crippen LogP contribution is 2.48. The van der Waals surface area contributed by atoms with Gasteiger partial charge in [0.2, 0.25) is 0 Å². The molecule has 0 bridgehead atoms. The molecular weight excluding hydrogens is 248 g/mol. The maximum Gasteiger partial charge on any atom is 0.337 e. The van der Waals surface area contributed by atoms with Gasteiger partial charge in [0.25, 0.3) is 0 Å². The van der Waals surface area contributed by atoms with Gasteiger partial charge >= 0.3 is 5.97 Å². The van der Waals surface area contributed by atoms with Crippen LogP contribution in [0, 0.1) is 0 Å². The average molecular weight is 262 g/mol. The molecule has 94 valence electrons. The van der Waals surface area contributed by atoms with Crippen molar-refractivity contribution in [3.05, 3.63) is 30.1 Å². The molecule has 1 aromatic heterocycles. The summed E-state index contributed by atoms with van der Waals surface area (Å²) in [6.45, 7) is 0.910. The van der Waals surface area contributed by atoms with Gasteiger partial charge < -0.3 is 9.67 Å². The smallest absolute Gasteiger partial charge is 0.337 e. The number of imidazole rings is 1. The van der Waals surface area contributed by atoms with Gasteiger partial charge in [-0.1, -0.05) is 6.07 Å². The fourth-order valence-corrected chi connectivity index (χ4v) is 3.04. The quantitative estimate of drug-likeness (QED) is 0.920. The van der Waals surface area contributed by atoms with Gasteiger partial charge in [-0.25, -0.2) is 9.78 Å². The van der Waals surface area contributed by atoms with E-state index in [4.69, 9.17) is 5.11 Å². The molecule has 1 N–H and O–H groups in total. The van der Waals surface area contributed by atoms with E-state index in [0.29, 0.717) is 10.3 Å². The Labute approximate surface area is 109 Å². The lowest BCUT2D eigenvalue weighted by molar-refractivity contribution is 0.0699. The van der Waals surface area contributed by atoms with Gasteiger partial charge in [-0.2, -0.15) is 11.8 Å². The van der Waals surface area contributed by atoms with E-state index in [1.165, 1.54) is 12.8 Å². The van der Waals surface area contributed by atoms with Crippen LogP contribution in [0.15, 0.2) is 24.5 Å². The second-order valence-corrected chi connectivity index (χ2v) is 6.01. The van der Waals surface area contributed by atoms with Gasteiger partial charge in [-0.05, 0) is 31.2 Å². The number of carboxylic acid groups (broad SMARTS) is 1. The molecule has 1 fully saturated rings. The molecule has 1 saturated carbocycles. The third-order valence-corrected chi connectivity index (χ3v) is 4.98. The van der Waals surface area contributed by atoms with E-state index in [2.05, 4.69) is 15.8 Å². The van der Waals surface area contributed by atoms with E-state index in [1.54, 1.807) is 18.5 Å². The largest absolute Gasteiger partial charge is 0.478 e. The molecule has 1 aromatic carbocycles. The first-order chi connectivity index (χ1) is 8.65. The highest BCUT2D eigenvalue weighted by molar-refractivity contribution is 8.00. The summed E-state index contributed by atoms with van der Waals surface area (Å²) in [4.78, 5) is 15.4. The van der Waals surface area contributed by atoms with E-state index in [1.807, 2.05) is 17.8 Å². The molecule has 0 saturated heterocycles. The number of hydrogen-bond donors (Lipinski definition) is 1. The van der Waals surface area contributed by atoms with Crippen LogP contribution in [0.25, 0.3) is 11.0 Å². The van der Waals surface area contributed by atoms with E-state index < -0.39 is 5.97 Å². The number of carbonyl (C=O) groups is 1. The number of hydrogen-bond acceptors (Lipinski definition) is 3. The molecule has 1 aliphatic rings.